The van der Waals surface area contributed by atoms with Crippen LogP contribution in [-0.2, 0) is 6.61 Å². The van der Waals surface area contributed by atoms with Gasteiger partial charge in [0.15, 0.2) is 0 Å². The number of halogens is 1. The SMILES string of the molecule is COc1ccc(OCc2ccc(F)cc2O)cc1. The molecule has 3 nitrogen and oxygen atoms in total. The Morgan fingerprint density at radius 2 is 1.72 bits per heavy atom. The molecule has 0 heterocycles. The molecule has 0 unspecified atom stereocenters. The summed E-state index contributed by atoms with van der Waals surface area (Å²) in [6, 6.07) is 10.9. The molecule has 2 aromatic rings. The monoisotopic (exact) mass is 248 g/mol. The van der Waals surface area contributed by atoms with E-state index in [9.17, 15) is 9.50 Å². The van der Waals surface area contributed by atoms with Gasteiger partial charge in [-0.05, 0) is 36.4 Å². The molecule has 4 heteroatoms. The molecule has 0 saturated heterocycles. The molecule has 94 valence electrons. The Labute approximate surface area is 104 Å². The number of phenols is 1. The molecule has 1 N–H and O–H groups in total. The predicted molar refractivity (Wildman–Crippen MR) is 65.4 cm³/mol. The highest BCUT2D eigenvalue weighted by molar-refractivity contribution is 5.34. The Bertz CT molecular complexity index is 523. The summed E-state index contributed by atoms with van der Waals surface area (Å²) in [7, 11) is 1.59. The molecule has 0 aliphatic carbocycles. The fourth-order valence-electron chi connectivity index (χ4n) is 1.49. The zero-order chi connectivity index (χ0) is 13.0. The van der Waals surface area contributed by atoms with Crippen LogP contribution >= 0.6 is 0 Å². The molecule has 0 bridgehead atoms. The van der Waals surface area contributed by atoms with E-state index in [4.69, 9.17) is 9.47 Å². The van der Waals surface area contributed by atoms with Gasteiger partial charge in [-0.1, -0.05) is 0 Å². The van der Waals surface area contributed by atoms with E-state index in [1.165, 1.54) is 12.1 Å². The first kappa shape index (κ1) is 12.2. The molecule has 2 aromatic carbocycles. The lowest BCUT2D eigenvalue weighted by atomic mass is 10.2. The van der Waals surface area contributed by atoms with Crippen LogP contribution in [0.2, 0.25) is 0 Å². The summed E-state index contributed by atoms with van der Waals surface area (Å²) >= 11 is 0. The zero-order valence-electron chi connectivity index (χ0n) is 9.89. The second-order valence-corrected chi connectivity index (χ2v) is 3.74. The minimum Gasteiger partial charge on any atom is -0.507 e. The third-order valence-corrected chi connectivity index (χ3v) is 2.50. The molecule has 0 aliphatic heterocycles. The summed E-state index contributed by atoms with van der Waals surface area (Å²) in [5.41, 5.74) is 0.534. The van der Waals surface area contributed by atoms with E-state index in [1.54, 1.807) is 31.4 Å². The standard InChI is InChI=1S/C14H13FO3/c1-17-12-4-6-13(7-5-12)18-9-10-2-3-11(15)8-14(10)16/h2-8,16H,9H2,1H3. The van der Waals surface area contributed by atoms with Crippen molar-refractivity contribution in [2.24, 2.45) is 0 Å². The number of rotatable bonds is 4. The first-order valence-corrected chi connectivity index (χ1v) is 5.43. The van der Waals surface area contributed by atoms with Gasteiger partial charge in [0, 0.05) is 11.6 Å². The molecular formula is C14H13FO3. The fraction of sp³-hybridized carbons (Fsp3) is 0.143. The first-order valence-electron chi connectivity index (χ1n) is 5.43. The minimum absolute atomic E-state index is 0.108. The van der Waals surface area contributed by atoms with E-state index in [-0.39, 0.29) is 12.4 Å². The topological polar surface area (TPSA) is 38.7 Å². The van der Waals surface area contributed by atoms with Crippen LogP contribution in [0.1, 0.15) is 5.56 Å². The van der Waals surface area contributed by atoms with Crippen molar-refractivity contribution >= 4 is 0 Å². The van der Waals surface area contributed by atoms with E-state index in [0.717, 1.165) is 11.8 Å². The molecule has 0 spiro atoms. The second kappa shape index (κ2) is 5.40. The molecule has 0 aromatic heterocycles. The highest BCUT2D eigenvalue weighted by atomic mass is 19.1. The van der Waals surface area contributed by atoms with Gasteiger partial charge in [0.05, 0.1) is 7.11 Å². The van der Waals surface area contributed by atoms with Crippen LogP contribution in [0.15, 0.2) is 42.5 Å². The normalized spacial score (nSPS) is 10.1. The molecule has 0 atom stereocenters. The maximum Gasteiger partial charge on any atom is 0.126 e. The van der Waals surface area contributed by atoms with E-state index < -0.39 is 5.82 Å². The molecule has 0 radical (unpaired) electrons. The van der Waals surface area contributed by atoms with Gasteiger partial charge in [-0.25, -0.2) is 4.39 Å². The van der Waals surface area contributed by atoms with Crippen LogP contribution in [0.5, 0.6) is 17.2 Å². The molecule has 0 saturated carbocycles. The zero-order valence-corrected chi connectivity index (χ0v) is 9.89. The van der Waals surface area contributed by atoms with Crippen LogP contribution < -0.4 is 9.47 Å². The van der Waals surface area contributed by atoms with Crippen LogP contribution in [0.4, 0.5) is 4.39 Å². The smallest absolute Gasteiger partial charge is 0.126 e. The third-order valence-electron chi connectivity index (χ3n) is 2.50. The average Bonchev–Trinajstić information content (AvgIpc) is 2.38. The Morgan fingerprint density at radius 1 is 1.06 bits per heavy atom. The average molecular weight is 248 g/mol. The lowest BCUT2D eigenvalue weighted by molar-refractivity contribution is 0.298. The Morgan fingerprint density at radius 3 is 2.33 bits per heavy atom. The van der Waals surface area contributed by atoms with Crippen LogP contribution in [0.3, 0.4) is 0 Å². The van der Waals surface area contributed by atoms with Crippen molar-refractivity contribution in [1.82, 2.24) is 0 Å². The van der Waals surface area contributed by atoms with Crippen molar-refractivity contribution < 1.29 is 19.0 Å². The minimum atomic E-state index is -0.472. The highest BCUT2D eigenvalue weighted by Gasteiger charge is 2.03. The molecule has 18 heavy (non-hydrogen) atoms. The summed E-state index contributed by atoms with van der Waals surface area (Å²) in [5, 5.41) is 9.51. The summed E-state index contributed by atoms with van der Waals surface area (Å²) in [5.74, 6) is 0.815. The van der Waals surface area contributed by atoms with E-state index in [1.807, 2.05) is 0 Å². The molecule has 0 fully saturated rings. The summed E-state index contributed by atoms with van der Waals surface area (Å²) in [6.07, 6.45) is 0. The van der Waals surface area contributed by atoms with Crippen LogP contribution in [0.25, 0.3) is 0 Å². The fourth-order valence-corrected chi connectivity index (χ4v) is 1.49. The Hall–Kier alpha value is -2.23. The molecular weight excluding hydrogens is 235 g/mol. The third kappa shape index (κ3) is 2.91. The summed E-state index contributed by atoms with van der Waals surface area (Å²) in [6.45, 7) is 0.179. The lowest BCUT2D eigenvalue weighted by Crippen LogP contribution is -1.96. The molecule has 2 rings (SSSR count). The number of hydrogen-bond donors (Lipinski definition) is 1. The first-order chi connectivity index (χ1) is 8.69. The number of methoxy groups -OCH3 is 1. The Balaban J connectivity index is 2.02. The predicted octanol–water partition coefficient (Wildman–Crippen LogP) is 3.12. The van der Waals surface area contributed by atoms with Crippen molar-refractivity contribution in [3.05, 3.63) is 53.8 Å². The number of ether oxygens (including phenoxy) is 2. The lowest BCUT2D eigenvalue weighted by Gasteiger charge is -2.08. The number of hydrogen-bond acceptors (Lipinski definition) is 3. The van der Waals surface area contributed by atoms with Gasteiger partial charge in [-0.15, -0.1) is 0 Å². The van der Waals surface area contributed by atoms with Gasteiger partial charge in [0.1, 0.15) is 29.7 Å². The molecule has 0 aliphatic rings. The quantitative estimate of drug-likeness (QED) is 0.903. The van der Waals surface area contributed by atoms with Gasteiger partial charge < -0.3 is 14.6 Å². The van der Waals surface area contributed by atoms with E-state index in [0.29, 0.717) is 11.3 Å². The van der Waals surface area contributed by atoms with E-state index in [2.05, 4.69) is 0 Å². The Kier molecular flexibility index (Phi) is 3.67. The van der Waals surface area contributed by atoms with Crippen LogP contribution in [-0.4, -0.2) is 12.2 Å². The maximum absolute atomic E-state index is 12.8. The number of aromatic hydroxyl groups is 1. The maximum atomic E-state index is 12.8. The van der Waals surface area contributed by atoms with Crippen molar-refractivity contribution in [3.8, 4) is 17.2 Å². The largest absolute Gasteiger partial charge is 0.507 e. The van der Waals surface area contributed by atoms with Crippen molar-refractivity contribution in [1.29, 1.82) is 0 Å². The van der Waals surface area contributed by atoms with Crippen molar-refractivity contribution in [3.63, 3.8) is 0 Å². The number of benzene rings is 2. The second-order valence-electron chi connectivity index (χ2n) is 3.74. The summed E-state index contributed by atoms with van der Waals surface area (Å²) in [4.78, 5) is 0. The van der Waals surface area contributed by atoms with Gasteiger partial charge in [-0.2, -0.15) is 0 Å². The van der Waals surface area contributed by atoms with E-state index >= 15 is 0 Å². The number of phenolic OH excluding ortho intramolecular Hbond substituents is 1. The molecule has 0 amide bonds. The van der Waals surface area contributed by atoms with Gasteiger partial charge >= 0.3 is 0 Å². The van der Waals surface area contributed by atoms with Crippen molar-refractivity contribution in [2.45, 2.75) is 6.61 Å². The van der Waals surface area contributed by atoms with Crippen LogP contribution in [0, 0.1) is 5.82 Å². The highest BCUT2D eigenvalue weighted by Crippen LogP contribution is 2.22. The van der Waals surface area contributed by atoms with Gasteiger partial charge in [0.25, 0.3) is 0 Å². The van der Waals surface area contributed by atoms with Crippen molar-refractivity contribution in [2.75, 3.05) is 7.11 Å². The summed E-state index contributed by atoms with van der Waals surface area (Å²) < 4.78 is 23.3. The van der Waals surface area contributed by atoms with Gasteiger partial charge in [-0.3, -0.25) is 0 Å². The van der Waals surface area contributed by atoms with Gasteiger partial charge in [0.2, 0.25) is 0 Å².